The molecule has 4 saturated carbocycles. The van der Waals surface area contributed by atoms with E-state index in [-0.39, 0.29) is 23.5 Å². The summed E-state index contributed by atoms with van der Waals surface area (Å²) in [5.74, 6) is -0.0942. The smallest absolute Gasteiger partial charge is 0.408 e. The quantitative estimate of drug-likeness (QED) is 0.319. The van der Waals surface area contributed by atoms with Gasteiger partial charge in [0.1, 0.15) is 11.6 Å². The molecule has 4 rings (SSSR count). The third-order valence-electron chi connectivity index (χ3n) is 7.02. The Morgan fingerprint density at radius 3 is 2.28 bits per heavy atom. The Bertz CT molecular complexity index is 706. The van der Waals surface area contributed by atoms with Gasteiger partial charge in [-0.1, -0.05) is 0 Å². The summed E-state index contributed by atoms with van der Waals surface area (Å²) in [6.45, 7) is 5.83. The number of carboxylic acids is 1. The summed E-state index contributed by atoms with van der Waals surface area (Å²) < 4.78 is 5.37. The Morgan fingerprint density at radius 2 is 1.72 bits per heavy atom. The van der Waals surface area contributed by atoms with Gasteiger partial charge in [-0.3, -0.25) is 9.59 Å². The molecule has 4 fully saturated rings. The molecule has 0 aromatic heterocycles. The van der Waals surface area contributed by atoms with Crippen LogP contribution in [-0.4, -0.2) is 58.9 Å². The number of carbonyl (C=O) groups excluding carboxylic acids is 2. The number of unbranched alkanes of at least 4 members (excludes halogenated alkanes) is 1. The van der Waals surface area contributed by atoms with Crippen LogP contribution in [0.2, 0.25) is 0 Å². The average molecular weight is 453 g/mol. The van der Waals surface area contributed by atoms with E-state index in [1.807, 2.05) is 0 Å². The topological polar surface area (TPSA) is 143 Å². The number of carbonyl (C=O) groups is 3. The number of rotatable bonds is 10. The molecule has 9 heteroatoms. The zero-order chi connectivity index (χ0) is 23.6. The summed E-state index contributed by atoms with van der Waals surface area (Å²) >= 11 is 0. The Balaban J connectivity index is 1.70. The maximum absolute atomic E-state index is 13.4. The van der Waals surface area contributed by atoms with Gasteiger partial charge in [0, 0.05) is 11.1 Å². The molecule has 0 radical (unpaired) electrons. The lowest BCUT2D eigenvalue weighted by Crippen LogP contribution is -2.70. The summed E-state index contributed by atoms with van der Waals surface area (Å²) in [5, 5.41) is 18.5. The molecular weight excluding hydrogens is 412 g/mol. The number of ether oxygens (including phenoxy) is 1. The predicted octanol–water partition coefficient (Wildman–Crippen LogP) is 1.89. The van der Waals surface area contributed by atoms with Gasteiger partial charge in [-0.15, -0.1) is 0 Å². The summed E-state index contributed by atoms with van der Waals surface area (Å²) in [6, 6.07) is -0.688. The van der Waals surface area contributed by atoms with Gasteiger partial charge >= 0.3 is 12.1 Å². The number of hydrogen-bond donors (Lipinski definition) is 5. The first-order valence-corrected chi connectivity index (χ1v) is 11.9. The zero-order valence-corrected chi connectivity index (χ0v) is 19.7. The highest BCUT2D eigenvalue weighted by Crippen LogP contribution is 2.57. The van der Waals surface area contributed by atoms with E-state index in [0.717, 1.165) is 51.4 Å². The molecule has 0 heterocycles. The largest absolute Gasteiger partial charge is 0.480 e. The normalized spacial score (nSPS) is 31.8. The van der Waals surface area contributed by atoms with Gasteiger partial charge in [0.25, 0.3) is 0 Å². The molecule has 0 aromatic rings. The maximum atomic E-state index is 13.4. The highest BCUT2D eigenvalue weighted by atomic mass is 16.6. The van der Waals surface area contributed by atoms with Crippen molar-refractivity contribution < 1.29 is 24.2 Å². The minimum absolute atomic E-state index is 0.0641. The molecule has 0 spiro atoms. The van der Waals surface area contributed by atoms with Crippen LogP contribution < -0.4 is 21.7 Å². The van der Waals surface area contributed by atoms with Crippen molar-refractivity contribution >= 4 is 18.0 Å². The van der Waals surface area contributed by atoms with E-state index in [9.17, 15) is 19.5 Å². The molecule has 2 unspecified atom stereocenters. The standard InChI is InChI=1S/C23H40N4O5/c1-21(2,3)32-20(31)26-17(6-4-5-7-24)19(30)27-23-11-15-8-16(12-23)10-22(9-15,14-23)25-13-18(28)29/h15-17,25H,4-14,24H2,1-3H3,(H,26,31)(H,27,30)(H,28,29)/t15-,16+,17-,22?,23?/m0/s1. The molecule has 0 aliphatic heterocycles. The number of amides is 2. The Morgan fingerprint density at radius 1 is 1.09 bits per heavy atom. The molecule has 182 valence electrons. The van der Waals surface area contributed by atoms with Crippen LogP contribution in [0, 0.1) is 11.8 Å². The first-order chi connectivity index (χ1) is 14.9. The minimum Gasteiger partial charge on any atom is -0.480 e. The van der Waals surface area contributed by atoms with E-state index < -0.39 is 23.7 Å². The molecule has 5 atom stereocenters. The van der Waals surface area contributed by atoms with Gasteiger partial charge in [0.05, 0.1) is 6.54 Å². The molecule has 6 N–H and O–H groups in total. The van der Waals surface area contributed by atoms with Crippen LogP contribution in [-0.2, 0) is 14.3 Å². The van der Waals surface area contributed by atoms with Crippen molar-refractivity contribution in [2.45, 2.75) is 101 Å². The van der Waals surface area contributed by atoms with Gasteiger partial charge < -0.3 is 31.5 Å². The molecule has 4 bridgehead atoms. The first kappa shape index (κ1) is 24.8. The van der Waals surface area contributed by atoms with Crippen molar-refractivity contribution in [2.75, 3.05) is 13.1 Å². The second kappa shape index (κ2) is 9.55. The monoisotopic (exact) mass is 452 g/mol. The van der Waals surface area contributed by atoms with Crippen molar-refractivity contribution in [3.8, 4) is 0 Å². The maximum Gasteiger partial charge on any atom is 0.408 e. The molecule has 4 aliphatic rings. The third-order valence-corrected chi connectivity index (χ3v) is 7.02. The summed E-state index contributed by atoms with van der Waals surface area (Å²) in [7, 11) is 0. The predicted molar refractivity (Wildman–Crippen MR) is 120 cm³/mol. The van der Waals surface area contributed by atoms with Gasteiger partial charge in [-0.05, 0) is 96.9 Å². The number of nitrogens with two attached hydrogens (primary N) is 1. The van der Waals surface area contributed by atoms with Crippen LogP contribution in [0.15, 0.2) is 0 Å². The van der Waals surface area contributed by atoms with Crippen molar-refractivity contribution in [3.05, 3.63) is 0 Å². The molecule has 4 aliphatic carbocycles. The lowest BCUT2D eigenvalue weighted by Gasteiger charge is -2.62. The molecular formula is C23H40N4O5. The third kappa shape index (κ3) is 6.34. The Hall–Kier alpha value is -1.87. The van der Waals surface area contributed by atoms with Crippen molar-refractivity contribution in [2.24, 2.45) is 17.6 Å². The van der Waals surface area contributed by atoms with Gasteiger partial charge in [0.2, 0.25) is 5.91 Å². The molecule has 2 amide bonds. The highest BCUT2D eigenvalue weighted by Gasteiger charge is 2.58. The fourth-order valence-electron chi connectivity index (χ4n) is 6.44. The van der Waals surface area contributed by atoms with Crippen LogP contribution in [0.4, 0.5) is 4.79 Å². The molecule has 9 nitrogen and oxygen atoms in total. The van der Waals surface area contributed by atoms with Crippen LogP contribution in [0.1, 0.15) is 78.6 Å². The number of nitrogens with one attached hydrogen (secondary N) is 3. The van der Waals surface area contributed by atoms with Crippen molar-refractivity contribution in [3.63, 3.8) is 0 Å². The summed E-state index contributed by atoms with van der Waals surface area (Å²) in [6.07, 6.45) is 7.02. The van der Waals surface area contributed by atoms with Gasteiger partial charge in [0.15, 0.2) is 0 Å². The van der Waals surface area contributed by atoms with Crippen molar-refractivity contribution in [1.82, 2.24) is 16.0 Å². The van der Waals surface area contributed by atoms with Crippen LogP contribution >= 0.6 is 0 Å². The number of hydrogen-bond acceptors (Lipinski definition) is 6. The molecule has 32 heavy (non-hydrogen) atoms. The lowest BCUT2D eigenvalue weighted by atomic mass is 9.50. The lowest BCUT2D eigenvalue weighted by molar-refractivity contribution is -0.139. The SMILES string of the molecule is CC(C)(C)OC(=O)N[C@@H](CCCCN)C(=O)NC12C[C@@H]3C[C@@H](CC(NCC(=O)O)(C3)C1)C2. The van der Waals surface area contributed by atoms with Crippen LogP contribution in [0.3, 0.4) is 0 Å². The molecule has 0 aromatic carbocycles. The van der Waals surface area contributed by atoms with Crippen LogP contribution in [0.25, 0.3) is 0 Å². The fraction of sp³-hybridized carbons (Fsp3) is 0.870. The van der Waals surface area contributed by atoms with E-state index in [4.69, 9.17) is 10.5 Å². The summed E-state index contributed by atoms with van der Waals surface area (Å²) in [5.41, 5.74) is 4.38. The summed E-state index contributed by atoms with van der Waals surface area (Å²) in [4.78, 5) is 36.9. The number of aliphatic carboxylic acids is 1. The fourth-order valence-corrected chi connectivity index (χ4v) is 6.44. The second-order valence-corrected chi connectivity index (χ2v) is 11.2. The Labute approximate surface area is 190 Å². The van der Waals surface area contributed by atoms with Crippen molar-refractivity contribution in [1.29, 1.82) is 0 Å². The molecule has 0 saturated heterocycles. The van der Waals surface area contributed by atoms with E-state index in [0.29, 0.717) is 24.8 Å². The van der Waals surface area contributed by atoms with Gasteiger partial charge in [-0.25, -0.2) is 4.79 Å². The van der Waals surface area contributed by atoms with E-state index in [1.54, 1.807) is 20.8 Å². The van der Waals surface area contributed by atoms with Gasteiger partial charge in [-0.2, -0.15) is 0 Å². The highest BCUT2D eigenvalue weighted by molar-refractivity contribution is 5.86. The average Bonchev–Trinajstić information content (AvgIpc) is 2.63. The van der Waals surface area contributed by atoms with E-state index in [2.05, 4.69) is 16.0 Å². The minimum atomic E-state index is -0.861. The first-order valence-electron chi connectivity index (χ1n) is 11.9. The Kier molecular flexibility index (Phi) is 7.39. The number of carboxylic acid groups (broad SMARTS) is 1. The number of alkyl carbamates (subject to hydrolysis) is 1. The van der Waals surface area contributed by atoms with E-state index in [1.165, 1.54) is 0 Å². The van der Waals surface area contributed by atoms with E-state index >= 15 is 0 Å². The van der Waals surface area contributed by atoms with Crippen LogP contribution in [0.5, 0.6) is 0 Å². The second-order valence-electron chi connectivity index (χ2n) is 11.2. The zero-order valence-electron chi connectivity index (χ0n) is 19.7.